The molecule has 0 saturated carbocycles. The minimum absolute atomic E-state index is 0.00516. The fraction of sp³-hybridized carbons (Fsp3) is 0.381. The molecule has 0 bridgehead atoms. The van der Waals surface area contributed by atoms with E-state index >= 15 is 0 Å². The number of sulfonamides is 1. The first kappa shape index (κ1) is 24.7. The van der Waals surface area contributed by atoms with Gasteiger partial charge < -0.3 is 15.2 Å². The minimum Gasteiger partial charge on any atom is -0.489 e. The summed E-state index contributed by atoms with van der Waals surface area (Å²) in [6, 6.07) is 3.55. The molecule has 9 nitrogen and oxygen atoms in total. The van der Waals surface area contributed by atoms with Gasteiger partial charge in [0, 0.05) is 30.8 Å². The van der Waals surface area contributed by atoms with Crippen molar-refractivity contribution in [3.63, 3.8) is 0 Å². The van der Waals surface area contributed by atoms with E-state index < -0.39 is 33.0 Å². The molecule has 1 aromatic carbocycles. The number of halogens is 2. The number of nitrogens with one attached hydrogen (secondary N) is 1. The summed E-state index contributed by atoms with van der Waals surface area (Å²) in [5.41, 5.74) is 5.49. The van der Waals surface area contributed by atoms with Crippen molar-refractivity contribution >= 4 is 27.1 Å². The molecule has 180 valence electrons. The van der Waals surface area contributed by atoms with Crippen molar-refractivity contribution < 1.29 is 26.7 Å². The maximum atomic E-state index is 14.9. The van der Waals surface area contributed by atoms with E-state index in [0.717, 1.165) is 31.2 Å². The third kappa shape index (κ3) is 6.53. The van der Waals surface area contributed by atoms with E-state index in [9.17, 15) is 17.2 Å². The first-order valence-electron chi connectivity index (χ1n) is 10.4. The van der Waals surface area contributed by atoms with Crippen LogP contribution in [0.2, 0.25) is 0 Å². The average molecular weight is 484 g/mol. The predicted octanol–water partition coefficient (Wildman–Crippen LogP) is 2.71. The maximum absolute atomic E-state index is 14.9. The molecule has 0 radical (unpaired) electrons. The van der Waals surface area contributed by atoms with Crippen LogP contribution in [0.4, 0.5) is 20.2 Å². The Morgan fingerprint density at radius 1 is 1.33 bits per heavy atom. The summed E-state index contributed by atoms with van der Waals surface area (Å²) >= 11 is 0. The second kappa shape index (κ2) is 10.8. The lowest BCUT2D eigenvalue weighted by Gasteiger charge is -2.23. The zero-order valence-electron chi connectivity index (χ0n) is 18.1. The van der Waals surface area contributed by atoms with Gasteiger partial charge in [-0.2, -0.15) is 0 Å². The summed E-state index contributed by atoms with van der Waals surface area (Å²) in [5, 5.41) is 0.656. The molecular formula is C21H27F2N5O4S. The molecule has 1 fully saturated rings. The van der Waals surface area contributed by atoms with Crippen molar-refractivity contribution in [2.45, 2.75) is 32.3 Å². The lowest BCUT2D eigenvalue weighted by molar-refractivity contribution is 0.0254. The van der Waals surface area contributed by atoms with Gasteiger partial charge in [0.05, 0.1) is 36.5 Å². The van der Waals surface area contributed by atoms with Gasteiger partial charge in [-0.1, -0.05) is 6.92 Å². The Morgan fingerprint density at radius 2 is 2.06 bits per heavy atom. The Hall–Kier alpha value is -2.96. The SMILES string of the molecule is CCCS(=O)(=O)Nc1ccc(F)c(N(N)/C=C(\N)c2cncc(OC3CCOCC3)c2)c1F. The van der Waals surface area contributed by atoms with Crippen LogP contribution in [0, 0.1) is 11.6 Å². The molecule has 2 aromatic rings. The van der Waals surface area contributed by atoms with E-state index in [1.54, 1.807) is 13.0 Å². The molecule has 3 rings (SSSR count). The third-order valence-electron chi connectivity index (χ3n) is 4.86. The Balaban J connectivity index is 1.82. The van der Waals surface area contributed by atoms with Crippen LogP contribution in [0.3, 0.4) is 0 Å². The van der Waals surface area contributed by atoms with Crippen LogP contribution >= 0.6 is 0 Å². The van der Waals surface area contributed by atoms with E-state index in [1.165, 1.54) is 12.4 Å². The molecule has 0 aliphatic carbocycles. The molecule has 5 N–H and O–H groups in total. The molecule has 12 heteroatoms. The lowest BCUT2D eigenvalue weighted by Crippen LogP contribution is -2.28. The van der Waals surface area contributed by atoms with Crippen molar-refractivity contribution in [1.29, 1.82) is 0 Å². The highest BCUT2D eigenvalue weighted by Crippen LogP contribution is 2.29. The van der Waals surface area contributed by atoms with Gasteiger partial charge in [0.15, 0.2) is 11.6 Å². The van der Waals surface area contributed by atoms with Gasteiger partial charge in [-0.25, -0.2) is 23.0 Å². The fourth-order valence-corrected chi connectivity index (χ4v) is 4.39. The van der Waals surface area contributed by atoms with E-state index in [4.69, 9.17) is 21.1 Å². The molecule has 0 amide bonds. The highest BCUT2D eigenvalue weighted by molar-refractivity contribution is 7.92. The van der Waals surface area contributed by atoms with Crippen LogP contribution in [0.15, 0.2) is 36.8 Å². The van der Waals surface area contributed by atoms with Crippen LogP contribution in [0.1, 0.15) is 31.7 Å². The number of ether oxygens (including phenoxy) is 2. The molecule has 1 aromatic heterocycles. The first-order chi connectivity index (χ1) is 15.7. The third-order valence-corrected chi connectivity index (χ3v) is 6.34. The number of hydrogen-bond acceptors (Lipinski definition) is 8. The van der Waals surface area contributed by atoms with Crippen LogP contribution in [0.5, 0.6) is 5.75 Å². The number of hydrazine groups is 1. The summed E-state index contributed by atoms with van der Waals surface area (Å²) in [7, 11) is -3.79. The molecular weight excluding hydrogens is 456 g/mol. The van der Waals surface area contributed by atoms with Crippen molar-refractivity contribution in [2.24, 2.45) is 11.6 Å². The van der Waals surface area contributed by atoms with E-state index in [-0.39, 0.29) is 17.6 Å². The Kier molecular flexibility index (Phi) is 8.06. The molecule has 2 heterocycles. The fourth-order valence-electron chi connectivity index (χ4n) is 3.26. The van der Waals surface area contributed by atoms with Gasteiger partial charge >= 0.3 is 0 Å². The monoisotopic (exact) mass is 483 g/mol. The van der Waals surface area contributed by atoms with Gasteiger partial charge in [-0.3, -0.25) is 14.7 Å². The number of hydrogen-bond donors (Lipinski definition) is 3. The van der Waals surface area contributed by atoms with Gasteiger partial charge in [0.25, 0.3) is 0 Å². The number of pyridine rings is 1. The normalized spacial score (nSPS) is 15.3. The topological polar surface area (TPSA) is 133 Å². The largest absolute Gasteiger partial charge is 0.489 e. The van der Waals surface area contributed by atoms with Crippen molar-refractivity contribution in [1.82, 2.24) is 4.98 Å². The van der Waals surface area contributed by atoms with E-state index in [2.05, 4.69) is 9.71 Å². The van der Waals surface area contributed by atoms with Crippen molar-refractivity contribution in [3.8, 4) is 5.75 Å². The van der Waals surface area contributed by atoms with Gasteiger partial charge in [0.1, 0.15) is 17.5 Å². The molecule has 0 spiro atoms. The van der Waals surface area contributed by atoms with Gasteiger partial charge in [-0.05, 0) is 24.6 Å². The number of aromatic nitrogens is 1. The molecule has 33 heavy (non-hydrogen) atoms. The number of benzene rings is 1. The zero-order valence-corrected chi connectivity index (χ0v) is 18.9. The summed E-state index contributed by atoms with van der Waals surface area (Å²) in [6.07, 6.45) is 5.94. The van der Waals surface area contributed by atoms with Crippen LogP contribution in [0.25, 0.3) is 5.70 Å². The van der Waals surface area contributed by atoms with Crippen molar-refractivity contribution in [2.75, 3.05) is 28.7 Å². The number of nitrogens with two attached hydrogens (primary N) is 2. The second-order valence-electron chi connectivity index (χ2n) is 7.51. The standard InChI is InChI=1S/C21H27F2N5O4S/c1-2-9-33(29,30)27-19-4-3-17(22)21(20(19)23)28(25)13-18(24)14-10-16(12-26-11-14)32-15-5-7-31-8-6-15/h3-4,10-13,15,27H,2,5-9,24-25H2,1H3/b18-13-. The van der Waals surface area contributed by atoms with Crippen LogP contribution in [-0.4, -0.2) is 38.5 Å². The first-order valence-corrected chi connectivity index (χ1v) is 12.0. The van der Waals surface area contributed by atoms with Crippen LogP contribution < -0.4 is 26.0 Å². The van der Waals surface area contributed by atoms with E-state index in [0.29, 0.717) is 36.0 Å². The highest BCUT2D eigenvalue weighted by Gasteiger charge is 2.21. The highest BCUT2D eigenvalue weighted by atomic mass is 32.2. The van der Waals surface area contributed by atoms with Crippen LogP contribution in [-0.2, 0) is 14.8 Å². The van der Waals surface area contributed by atoms with Gasteiger partial charge in [0.2, 0.25) is 10.0 Å². The van der Waals surface area contributed by atoms with E-state index in [1.807, 2.05) is 0 Å². The summed E-state index contributed by atoms with van der Waals surface area (Å²) in [5.74, 6) is 3.98. The Morgan fingerprint density at radius 3 is 2.76 bits per heavy atom. The predicted molar refractivity (Wildman–Crippen MR) is 122 cm³/mol. The number of nitrogens with zero attached hydrogens (tertiary/aromatic N) is 2. The Labute approximate surface area is 191 Å². The van der Waals surface area contributed by atoms with Gasteiger partial charge in [-0.15, -0.1) is 0 Å². The maximum Gasteiger partial charge on any atom is 0.232 e. The number of anilines is 2. The van der Waals surface area contributed by atoms with Crippen molar-refractivity contribution in [3.05, 3.63) is 54.0 Å². The minimum atomic E-state index is -3.79. The summed E-state index contributed by atoms with van der Waals surface area (Å²) in [6.45, 7) is 2.90. The quantitative estimate of drug-likeness (QED) is 0.366. The average Bonchev–Trinajstić information content (AvgIpc) is 2.76. The molecule has 0 unspecified atom stereocenters. The lowest BCUT2D eigenvalue weighted by atomic mass is 10.1. The molecule has 0 atom stereocenters. The summed E-state index contributed by atoms with van der Waals surface area (Å²) in [4.78, 5) is 4.10. The zero-order chi connectivity index (χ0) is 24.0. The number of rotatable bonds is 9. The molecule has 1 aliphatic rings. The second-order valence-corrected chi connectivity index (χ2v) is 9.35. The Bertz CT molecular complexity index is 1110. The molecule has 1 aliphatic heterocycles. The smallest absolute Gasteiger partial charge is 0.232 e. The summed E-state index contributed by atoms with van der Waals surface area (Å²) < 4.78 is 66.6. The molecule has 1 saturated heterocycles.